The van der Waals surface area contributed by atoms with Gasteiger partial charge < -0.3 is 10.2 Å². The summed E-state index contributed by atoms with van der Waals surface area (Å²) in [5, 5.41) is 20.2. The molecule has 0 bridgehead atoms. The molecule has 0 saturated heterocycles. The van der Waals surface area contributed by atoms with Gasteiger partial charge in [-0.3, -0.25) is 0 Å². The topological polar surface area (TPSA) is 53.4 Å². The fraction of sp³-hybridized carbons (Fsp3) is 0.0833. The molecule has 0 saturated carbocycles. The number of pyridine rings is 1. The van der Waals surface area contributed by atoms with E-state index in [9.17, 15) is 10.2 Å². The third-order valence-electron chi connectivity index (χ3n) is 2.29. The molecule has 2 aromatic rings. The molecular weight excluding hydrogens is 190 g/mol. The maximum atomic E-state index is 9.91. The third kappa shape index (κ3) is 1.52. The monoisotopic (exact) mass is 201 g/mol. The average molecular weight is 201 g/mol. The van der Waals surface area contributed by atoms with Gasteiger partial charge in [0.25, 0.3) is 0 Å². The zero-order valence-corrected chi connectivity index (χ0v) is 8.14. The Hall–Kier alpha value is -2.03. The van der Waals surface area contributed by atoms with Crippen molar-refractivity contribution in [2.24, 2.45) is 0 Å². The zero-order valence-electron chi connectivity index (χ0n) is 8.14. The first-order valence-corrected chi connectivity index (χ1v) is 4.64. The summed E-state index contributed by atoms with van der Waals surface area (Å²) in [5.41, 5.74) is 1.00. The number of rotatable bonds is 2. The highest BCUT2D eigenvalue weighted by atomic mass is 16.3. The fourth-order valence-electron chi connectivity index (χ4n) is 1.55. The number of fused-ring (bicyclic) bond motifs is 1. The second-order valence-electron chi connectivity index (χ2n) is 3.27. The first kappa shape index (κ1) is 9.52. The molecule has 3 nitrogen and oxygen atoms in total. The minimum absolute atomic E-state index is 0.0815. The van der Waals surface area contributed by atoms with Crippen LogP contribution < -0.4 is 0 Å². The summed E-state index contributed by atoms with van der Waals surface area (Å²) in [7, 11) is 0. The van der Waals surface area contributed by atoms with Crippen LogP contribution in [0.25, 0.3) is 10.9 Å². The average Bonchev–Trinajstić information content (AvgIpc) is 2.24. The van der Waals surface area contributed by atoms with E-state index in [1.165, 1.54) is 0 Å². The molecule has 1 aromatic heterocycles. The highest BCUT2D eigenvalue weighted by Crippen LogP contribution is 2.33. The van der Waals surface area contributed by atoms with Gasteiger partial charge >= 0.3 is 0 Å². The molecule has 0 aliphatic carbocycles. The Morgan fingerprint density at radius 2 is 2.00 bits per heavy atom. The van der Waals surface area contributed by atoms with Gasteiger partial charge in [-0.25, -0.2) is 4.98 Å². The van der Waals surface area contributed by atoms with E-state index in [1.54, 1.807) is 24.3 Å². The lowest BCUT2D eigenvalue weighted by atomic mass is 10.1. The fourth-order valence-corrected chi connectivity index (χ4v) is 1.55. The molecule has 0 atom stereocenters. The number of para-hydroxylation sites is 1. The molecular formula is C12H11NO2. The van der Waals surface area contributed by atoms with Crippen molar-refractivity contribution in [1.82, 2.24) is 4.98 Å². The number of aromatic nitrogens is 1. The molecule has 15 heavy (non-hydrogen) atoms. The molecule has 0 unspecified atom stereocenters. The second-order valence-corrected chi connectivity index (χ2v) is 3.27. The number of hydrogen-bond acceptors (Lipinski definition) is 3. The summed E-state index contributed by atoms with van der Waals surface area (Å²) in [6.07, 6.45) is 2.01. The van der Waals surface area contributed by atoms with Crippen LogP contribution in [0.5, 0.6) is 11.6 Å². The Labute approximate surface area is 87.3 Å². The normalized spacial score (nSPS) is 10.4. The number of hydrogen-bond donors (Lipinski definition) is 2. The van der Waals surface area contributed by atoms with Crippen molar-refractivity contribution in [2.45, 2.75) is 6.42 Å². The first-order chi connectivity index (χ1) is 7.24. The molecule has 2 N–H and O–H groups in total. The molecule has 3 heteroatoms. The Morgan fingerprint density at radius 1 is 1.27 bits per heavy atom. The van der Waals surface area contributed by atoms with E-state index in [0.29, 0.717) is 22.9 Å². The Kier molecular flexibility index (Phi) is 2.29. The lowest BCUT2D eigenvalue weighted by Crippen LogP contribution is -1.89. The van der Waals surface area contributed by atoms with Crippen molar-refractivity contribution < 1.29 is 10.2 Å². The summed E-state index contributed by atoms with van der Waals surface area (Å²) >= 11 is 0. The van der Waals surface area contributed by atoms with Gasteiger partial charge in [0.15, 0.2) is 0 Å². The molecule has 76 valence electrons. The number of benzene rings is 1. The Morgan fingerprint density at radius 3 is 2.73 bits per heavy atom. The maximum absolute atomic E-state index is 9.91. The smallest absolute Gasteiger partial charge is 0.218 e. The van der Waals surface area contributed by atoms with Gasteiger partial charge in [-0.2, -0.15) is 0 Å². The van der Waals surface area contributed by atoms with Crippen LogP contribution in [0.15, 0.2) is 36.9 Å². The summed E-state index contributed by atoms with van der Waals surface area (Å²) in [6.45, 7) is 3.57. The van der Waals surface area contributed by atoms with E-state index < -0.39 is 0 Å². The summed E-state index contributed by atoms with van der Waals surface area (Å²) in [5.74, 6) is -0.0518. The van der Waals surface area contributed by atoms with Crippen molar-refractivity contribution in [3.05, 3.63) is 42.5 Å². The van der Waals surface area contributed by atoms with Crippen molar-refractivity contribution in [2.75, 3.05) is 0 Å². The lowest BCUT2D eigenvalue weighted by Gasteiger charge is -2.07. The van der Waals surface area contributed by atoms with E-state index in [-0.39, 0.29) is 11.6 Å². The van der Waals surface area contributed by atoms with Gasteiger partial charge in [0, 0.05) is 5.39 Å². The van der Waals surface area contributed by atoms with Crippen molar-refractivity contribution in [1.29, 1.82) is 0 Å². The van der Waals surface area contributed by atoms with Crippen LogP contribution in [0.2, 0.25) is 0 Å². The van der Waals surface area contributed by atoms with Gasteiger partial charge in [0.2, 0.25) is 5.88 Å². The van der Waals surface area contributed by atoms with Gasteiger partial charge in [-0.05, 0) is 18.6 Å². The van der Waals surface area contributed by atoms with E-state index in [0.717, 1.165) is 0 Å². The van der Waals surface area contributed by atoms with Gasteiger partial charge in [-0.1, -0.05) is 18.2 Å². The summed E-state index contributed by atoms with van der Waals surface area (Å²) in [4.78, 5) is 4.00. The highest BCUT2D eigenvalue weighted by molar-refractivity contribution is 5.87. The SMILES string of the molecule is C=CCc1c(O)nc2ccccc2c1O. The van der Waals surface area contributed by atoms with Gasteiger partial charge in [0.1, 0.15) is 5.75 Å². The van der Waals surface area contributed by atoms with Crippen molar-refractivity contribution >= 4 is 10.9 Å². The molecule has 0 spiro atoms. The third-order valence-corrected chi connectivity index (χ3v) is 2.29. The van der Waals surface area contributed by atoms with Crippen LogP contribution in [-0.4, -0.2) is 15.2 Å². The summed E-state index contributed by atoms with van der Waals surface area (Å²) in [6, 6.07) is 7.13. The van der Waals surface area contributed by atoms with E-state index in [1.807, 2.05) is 6.07 Å². The minimum Gasteiger partial charge on any atom is -0.507 e. The summed E-state index contributed by atoms with van der Waals surface area (Å²) < 4.78 is 0. The molecule has 1 aromatic carbocycles. The number of nitrogens with zero attached hydrogens (tertiary/aromatic N) is 1. The number of aromatic hydroxyl groups is 2. The minimum atomic E-state index is -0.133. The molecule has 0 amide bonds. The predicted octanol–water partition coefficient (Wildman–Crippen LogP) is 2.37. The first-order valence-electron chi connectivity index (χ1n) is 4.64. The molecule has 0 fully saturated rings. The van der Waals surface area contributed by atoms with E-state index in [2.05, 4.69) is 11.6 Å². The van der Waals surface area contributed by atoms with Crippen LogP contribution in [0, 0.1) is 0 Å². The Balaban J connectivity index is 2.77. The largest absolute Gasteiger partial charge is 0.507 e. The maximum Gasteiger partial charge on any atom is 0.218 e. The van der Waals surface area contributed by atoms with E-state index in [4.69, 9.17) is 0 Å². The molecule has 0 aliphatic rings. The zero-order chi connectivity index (χ0) is 10.8. The van der Waals surface area contributed by atoms with Gasteiger partial charge in [0.05, 0.1) is 11.1 Å². The predicted molar refractivity (Wildman–Crippen MR) is 59.0 cm³/mol. The van der Waals surface area contributed by atoms with Crippen LogP contribution in [-0.2, 0) is 6.42 Å². The van der Waals surface area contributed by atoms with Crippen molar-refractivity contribution in [3.8, 4) is 11.6 Å². The molecule has 1 heterocycles. The van der Waals surface area contributed by atoms with Crippen LogP contribution >= 0.6 is 0 Å². The van der Waals surface area contributed by atoms with Crippen LogP contribution in [0.3, 0.4) is 0 Å². The van der Waals surface area contributed by atoms with Crippen molar-refractivity contribution in [3.63, 3.8) is 0 Å². The van der Waals surface area contributed by atoms with Crippen LogP contribution in [0.4, 0.5) is 0 Å². The van der Waals surface area contributed by atoms with Gasteiger partial charge in [-0.15, -0.1) is 6.58 Å². The molecule has 0 aliphatic heterocycles. The Bertz CT molecular complexity index is 520. The molecule has 0 radical (unpaired) electrons. The van der Waals surface area contributed by atoms with Crippen LogP contribution in [0.1, 0.15) is 5.56 Å². The quantitative estimate of drug-likeness (QED) is 0.733. The standard InChI is InChI=1S/C12H11NO2/c1-2-5-9-11(14)8-6-3-4-7-10(8)13-12(9)15/h2-4,6-7H,1,5H2,(H2,13,14,15). The molecule has 2 rings (SSSR count). The van der Waals surface area contributed by atoms with E-state index >= 15 is 0 Å². The second kappa shape index (κ2) is 3.61. The number of allylic oxidation sites excluding steroid dienone is 1. The lowest BCUT2D eigenvalue weighted by molar-refractivity contribution is 0.431. The highest BCUT2D eigenvalue weighted by Gasteiger charge is 2.11.